The van der Waals surface area contributed by atoms with Crippen molar-refractivity contribution >= 4 is 16.3 Å². The van der Waals surface area contributed by atoms with Crippen LogP contribution in [0.15, 0.2) is 0 Å². The highest BCUT2D eigenvalue weighted by Crippen LogP contribution is 2.44. The Hall–Kier alpha value is -1.05. The number of hydrogen-bond acceptors (Lipinski definition) is 6. The monoisotopic (exact) mass is 293 g/mol. The predicted molar refractivity (Wildman–Crippen MR) is 76.0 cm³/mol. The molecular weight excluding hydrogens is 274 g/mol. The van der Waals surface area contributed by atoms with Crippen molar-refractivity contribution in [3.05, 3.63) is 10.8 Å². The molecule has 1 aliphatic heterocycles. The van der Waals surface area contributed by atoms with Gasteiger partial charge in [0.1, 0.15) is 5.01 Å². The van der Waals surface area contributed by atoms with E-state index < -0.39 is 0 Å². The molecule has 0 spiro atoms. The summed E-state index contributed by atoms with van der Waals surface area (Å²) >= 11 is 1.66. The zero-order valence-corrected chi connectivity index (χ0v) is 12.2. The van der Waals surface area contributed by atoms with Gasteiger partial charge in [0, 0.05) is 31.1 Å². The maximum absolute atomic E-state index is 5.98. The summed E-state index contributed by atoms with van der Waals surface area (Å²) in [6.45, 7) is 2.30. The first-order valence-corrected chi connectivity index (χ1v) is 8.14. The highest BCUT2D eigenvalue weighted by Gasteiger charge is 2.41. The van der Waals surface area contributed by atoms with Gasteiger partial charge in [-0.1, -0.05) is 17.8 Å². The fourth-order valence-electron chi connectivity index (χ4n) is 3.17. The fraction of sp³-hybridized carbons (Fsp3) is 0.769. The van der Waals surface area contributed by atoms with Crippen LogP contribution in [0, 0.1) is 0 Å². The maximum atomic E-state index is 5.98. The van der Waals surface area contributed by atoms with E-state index in [1.54, 1.807) is 11.3 Å². The van der Waals surface area contributed by atoms with Crippen molar-refractivity contribution in [2.75, 3.05) is 19.8 Å². The minimum atomic E-state index is 0.109. The summed E-state index contributed by atoms with van der Waals surface area (Å²) in [5.74, 6) is 1.42. The Kier molecular flexibility index (Phi) is 3.01. The fourth-order valence-corrected chi connectivity index (χ4v) is 4.27. The molecule has 0 bridgehead atoms. The molecule has 7 heteroatoms. The van der Waals surface area contributed by atoms with Crippen LogP contribution < -0.4 is 5.73 Å². The highest BCUT2D eigenvalue weighted by atomic mass is 32.1. The summed E-state index contributed by atoms with van der Waals surface area (Å²) < 4.78 is 7.37. The molecule has 20 heavy (non-hydrogen) atoms. The van der Waals surface area contributed by atoms with Gasteiger partial charge < -0.3 is 10.5 Å². The topological polar surface area (TPSA) is 78.3 Å². The Morgan fingerprint density at radius 2 is 2.10 bits per heavy atom. The van der Waals surface area contributed by atoms with Crippen molar-refractivity contribution in [1.29, 1.82) is 0 Å². The zero-order chi connectivity index (χ0) is 13.6. The van der Waals surface area contributed by atoms with Crippen LogP contribution in [-0.4, -0.2) is 39.6 Å². The van der Waals surface area contributed by atoms with Crippen LogP contribution in [0.4, 0.5) is 0 Å². The Bertz CT molecular complexity index is 606. The van der Waals surface area contributed by atoms with E-state index in [0.29, 0.717) is 12.5 Å². The third-order valence-electron chi connectivity index (χ3n) is 4.76. The molecule has 108 valence electrons. The van der Waals surface area contributed by atoms with E-state index >= 15 is 0 Å². The molecule has 0 unspecified atom stereocenters. The number of fused-ring (bicyclic) bond motifs is 1. The van der Waals surface area contributed by atoms with Gasteiger partial charge in [0.05, 0.1) is 0 Å². The quantitative estimate of drug-likeness (QED) is 0.927. The van der Waals surface area contributed by atoms with E-state index in [4.69, 9.17) is 15.6 Å². The summed E-state index contributed by atoms with van der Waals surface area (Å²) in [6, 6.07) is 0. The van der Waals surface area contributed by atoms with Gasteiger partial charge >= 0.3 is 0 Å². The van der Waals surface area contributed by atoms with Crippen LogP contribution in [0.3, 0.4) is 0 Å². The van der Waals surface area contributed by atoms with Crippen molar-refractivity contribution in [3.63, 3.8) is 0 Å². The molecule has 2 aromatic rings. The molecule has 2 N–H and O–H groups in total. The first kappa shape index (κ1) is 12.7. The number of ether oxygens (including phenoxy) is 1. The molecule has 6 nitrogen and oxygen atoms in total. The first-order valence-electron chi connectivity index (χ1n) is 7.33. The molecule has 0 amide bonds. The molecule has 3 heterocycles. The van der Waals surface area contributed by atoms with Gasteiger partial charge in [0.15, 0.2) is 5.82 Å². The molecule has 1 saturated heterocycles. The van der Waals surface area contributed by atoms with Crippen molar-refractivity contribution in [1.82, 2.24) is 19.8 Å². The third-order valence-corrected chi connectivity index (χ3v) is 5.90. The molecule has 0 radical (unpaired) electrons. The molecule has 1 aliphatic carbocycles. The van der Waals surface area contributed by atoms with Crippen molar-refractivity contribution in [2.24, 2.45) is 5.73 Å². The molecular formula is C13H19N5OS. The normalized spacial score (nSPS) is 23.1. The van der Waals surface area contributed by atoms with Crippen LogP contribution in [-0.2, 0) is 10.2 Å². The number of aromatic nitrogens is 4. The second kappa shape index (κ2) is 4.75. The van der Waals surface area contributed by atoms with Crippen molar-refractivity contribution in [3.8, 4) is 0 Å². The lowest BCUT2D eigenvalue weighted by Crippen LogP contribution is -2.41. The van der Waals surface area contributed by atoms with E-state index in [2.05, 4.69) is 10.2 Å². The Morgan fingerprint density at radius 3 is 2.75 bits per heavy atom. The minimum Gasteiger partial charge on any atom is -0.381 e. The Balaban J connectivity index is 1.71. The lowest BCUT2D eigenvalue weighted by molar-refractivity contribution is 0.0831. The number of nitrogens with two attached hydrogens (primary N) is 1. The molecule has 4 rings (SSSR count). The number of rotatable bonds is 3. The third kappa shape index (κ3) is 1.80. The summed E-state index contributed by atoms with van der Waals surface area (Å²) in [4.78, 5) is 0.904. The van der Waals surface area contributed by atoms with Gasteiger partial charge in [0.2, 0.25) is 4.96 Å². The largest absolute Gasteiger partial charge is 0.381 e. The maximum Gasteiger partial charge on any atom is 0.234 e. The summed E-state index contributed by atoms with van der Waals surface area (Å²) in [6.07, 6.45) is 5.58. The molecule has 0 aromatic carbocycles. The molecule has 2 aliphatic rings. The molecule has 0 atom stereocenters. The van der Waals surface area contributed by atoms with E-state index in [1.807, 2.05) is 4.52 Å². The van der Waals surface area contributed by atoms with Crippen LogP contribution in [0.1, 0.15) is 48.9 Å². The van der Waals surface area contributed by atoms with Crippen molar-refractivity contribution < 1.29 is 4.74 Å². The number of nitrogens with zero attached hydrogens (tertiary/aromatic N) is 4. The average molecular weight is 293 g/mol. The SMILES string of the molecule is NCC1(c2nn3c(C4CCOCC4)nnc3s2)CCC1. The number of hydrogen-bond donors (Lipinski definition) is 1. The second-order valence-corrected chi connectivity index (χ2v) is 6.84. The molecule has 2 aromatic heterocycles. The molecule has 1 saturated carbocycles. The smallest absolute Gasteiger partial charge is 0.234 e. The minimum absolute atomic E-state index is 0.109. The van der Waals surface area contributed by atoms with Crippen LogP contribution >= 0.6 is 11.3 Å². The van der Waals surface area contributed by atoms with Gasteiger partial charge in [-0.3, -0.25) is 0 Å². The first-order chi connectivity index (χ1) is 9.82. The summed E-state index contributed by atoms with van der Waals surface area (Å²) in [5, 5.41) is 14.6. The van der Waals surface area contributed by atoms with Crippen LogP contribution in [0.2, 0.25) is 0 Å². The van der Waals surface area contributed by atoms with Crippen molar-refractivity contribution in [2.45, 2.75) is 43.4 Å². The van der Waals surface area contributed by atoms with E-state index in [1.165, 1.54) is 6.42 Å². The van der Waals surface area contributed by atoms with Crippen LogP contribution in [0.25, 0.3) is 4.96 Å². The van der Waals surface area contributed by atoms with Crippen LogP contribution in [0.5, 0.6) is 0 Å². The van der Waals surface area contributed by atoms with E-state index in [-0.39, 0.29) is 5.41 Å². The van der Waals surface area contributed by atoms with E-state index in [0.717, 1.165) is 54.7 Å². The van der Waals surface area contributed by atoms with Gasteiger partial charge in [-0.05, 0) is 25.7 Å². The Morgan fingerprint density at radius 1 is 1.30 bits per heavy atom. The highest BCUT2D eigenvalue weighted by molar-refractivity contribution is 7.16. The molecule has 2 fully saturated rings. The standard InChI is InChI=1S/C13H19N5OS/c14-8-13(4-1-5-13)11-17-18-10(15-16-12(18)20-11)9-2-6-19-7-3-9/h9H,1-8,14H2. The zero-order valence-electron chi connectivity index (χ0n) is 11.4. The lowest BCUT2D eigenvalue weighted by Gasteiger charge is -2.38. The van der Waals surface area contributed by atoms with Gasteiger partial charge in [-0.25, -0.2) is 0 Å². The van der Waals surface area contributed by atoms with E-state index in [9.17, 15) is 0 Å². The lowest BCUT2D eigenvalue weighted by atomic mass is 9.69. The van der Waals surface area contributed by atoms with Gasteiger partial charge in [0.25, 0.3) is 0 Å². The van der Waals surface area contributed by atoms with Gasteiger partial charge in [-0.15, -0.1) is 10.2 Å². The average Bonchev–Trinajstić information content (AvgIpc) is 2.99. The second-order valence-electron chi connectivity index (χ2n) is 5.88. The summed E-state index contributed by atoms with van der Waals surface area (Å²) in [7, 11) is 0. The summed E-state index contributed by atoms with van der Waals surface area (Å²) in [5.41, 5.74) is 6.09. The predicted octanol–water partition coefficient (Wildman–Crippen LogP) is 1.46. The van der Waals surface area contributed by atoms with Gasteiger partial charge in [-0.2, -0.15) is 9.61 Å². The Labute approximate surface area is 121 Å².